The number of phenolic OH excluding ortho intramolecular Hbond substituents is 2. The first-order chi connectivity index (χ1) is 9.16. The first kappa shape index (κ1) is 10.2. The van der Waals surface area contributed by atoms with Gasteiger partial charge in [0.1, 0.15) is 0 Å². The molecule has 4 nitrogen and oxygen atoms in total. The lowest BCUT2D eigenvalue weighted by atomic mass is 10.0. The van der Waals surface area contributed by atoms with Gasteiger partial charge in [-0.2, -0.15) is 0 Å². The van der Waals surface area contributed by atoms with Crippen molar-refractivity contribution in [1.29, 1.82) is 0 Å². The summed E-state index contributed by atoms with van der Waals surface area (Å²) >= 11 is 0. The number of pyridine rings is 1. The molecule has 0 saturated carbocycles. The number of phenols is 2. The third-order valence-corrected chi connectivity index (χ3v) is 3.57. The lowest BCUT2D eigenvalue weighted by molar-refractivity contribution is 0.405. The maximum atomic E-state index is 12.4. The molecular formula is C15H9NO3. The number of hydrogen-bond acceptors (Lipinski definition) is 3. The molecule has 0 fully saturated rings. The molecule has 0 unspecified atom stereocenters. The van der Waals surface area contributed by atoms with Crippen molar-refractivity contribution in [2.75, 3.05) is 0 Å². The minimum Gasteiger partial charge on any atom is -0.504 e. The van der Waals surface area contributed by atoms with Crippen molar-refractivity contribution in [1.82, 2.24) is 4.40 Å². The second-order valence-electron chi connectivity index (χ2n) is 4.62. The van der Waals surface area contributed by atoms with Gasteiger partial charge in [-0.05, 0) is 18.2 Å². The lowest BCUT2D eigenvalue weighted by Crippen LogP contribution is -2.11. The monoisotopic (exact) mass is 251 g/mol. The Morgan fingerprint density at radius 1 is 0.895 bits per heavy atom. The molecule has 2 aromatic heterocycles. The summed E-state index contributed by atoms with van der Waals surface area (Å²) in [4.78, 5) is 12.4. The van der Waals surface area contributed by atoms with Crippen LogP contribution < -0.4 is 5.56 Å². The standard InChI is InChI=1S/C15H9NO3/c17-12-6-10-9-3-1-2-8-4-5-16(14(8)9)15(19)11(10)7-13(12)18/h1-7,17-18H. The predicted molar refractivity (Wildman–Crippen MR) is 73.2 cm³/mol. The van der Waals surface area contributed by atoms with Crippen molar-refractivity contribution in [2.45, 2.75) is 0 Å². The van der Waals surface area contributed by atoms with Crippen molar-refractivity contribution in [2.24, 2.45) is 0 Å². The number of aromatic hydroxyl groups is 2. The van der Waals surface area contributed by atoms with Crippen LogP contribution in [0.5, 0.6) is 11.5 Å². The summed E-state index contributed by atoms with van der Waals surface area (Å²) in [5.41, 5.74) is 0.643. The van der Waals surface area contributed by atoms with Gasteiger partial charge in [0.05, 0.1) is 10.9 Å². The van der Waals surface area contributed by atoms with Crippen LogP contribution in [0.4, 0.5) is 0 Å². The Labute approximate surface area is 107 Å². The number of hydrogen-bond donors (Lipinski definition) is 2. The fourth-order valence-electron chi connectivity index (χ4n) is 2.69. The van der Waals surface area contributed by atoms with Gasteiger partial charge in [-0.1, -0.05) is 18.2 Å². The Morgan fingerprint density at radius 2 is 1.63 bits per heavy atom. The summed E-state index contributed by atoms with van der Waals surface area (Å²) in [6.45, 7) is 0. The second kappa shape index (κ2) is 3.17. The molecule has 2 aromatic carbocycles. The first-order valence-electron chi connectivity index (χ1n) is 5.88. The highest BCUT2D eigenvalue weighted by molar-refractivity contribution is 6.12. The minimum atomic E-state index is -0.283. The maximum Gasteiger partial charge on any atom is 0.263 e. The normalized spacial score (nSPS) is 11.8. The van der Waals surface area contributed by atoms with Crippen LogP contribution in [0.15, 0.2) is 47.4 Å². The van der Waals surface area contributed by atoms with E-state index in [-0.39, 0.29) is 17.1 Å². The molecule has 19 heavy (non-hydrogen) atoms. The number of benzene rings is 2. The van der Waals surface area contributed by atoms with E-state index in [1.165, 1.54) is 12.1 Å². The summed E-state index contributed by atoms with van der Waals surface area (Å²) in [5.74, 6) is -0.501. The molecule has 0 bridgehead atoms. The van der Waals surface area contributed by atoms with Gasteiger partial charge in [0, 0.05) is 22.4 Å². The molecule has 92 valence electrons. The average Bonchev–Trinajstić information content (AvgIpc) is 2.83. The Morgan fingerprint density at radius 3 is 2.42 bits per heavy atom. The Bertz CT molecular complexity index is 1000. The van der Waals surface area contributed by atoms with Gasteiger partial charge in [-0.15, -0.1) is 0 Å². The molecule has 4 heteroatoms. The van der Waals surface area contributed by atoms with Crippen LogP contribution in [-0.4, -0.2) is 14.6 Å². The molecule has 0 aliphatic heterocycles. The molecule has 0 aliphatic carbocycles. The summed E-state index contributed by atoms with van der Waals surface area (Å²) in [6.07, 6.45) is 1.73. The van der Waals surface area contributed by atoms with E-state index in [0.717, 1.165) is 16.3 Å². The van der Waals surface area contributed by atoms with Gasteiger partial charge >= 0.3 is 0 Å². The van der Waals surface area contributed by atoms with Crippen LogP contribution >= 0.6 is 0 Å². The molecule has 0 radical (unpaired) electrons. The average molecular weight is 251 g/mol. The van der Waals surface area contributed by atoms with Crippen LogP contribution in [0.1, 0.15) is 0 Å². The summed E-state index contributed by atoms with van der Waals surface area (Å²) < 4.78 is 1.57. The zero-order valence-corrected chi connectivity index (χ0v) is 9.79. The van der Waals surface area contributed by atoms with Crippen LogP contribution in [0.3, 0.4) is 0 Å². The molecule has 2 heterocycles. The lowest BCUT2D eigenvalue weighted by Gasteiger charge is -2.07. The van der Waals surface area contributed by atoms with Gasteiger partial charge in [0.15, 0.2) is 11.5 Å². The van der Waals surface area contributed by atoms with Crippen molar-refractivity contribution < 1.29 is 10.2 Å². The third kappa shape index (κ3) is 1.15. The topological polar surface area (TPSA) is 61.9 Å². The molecule has 0 aliphatic rings. The van der Waals surface area contributed by atoms with Crippen LogP contribution in [0.2, 0.25) is 0 Å². The van der Waals surface area contributed by atoms with E-state index in [1.807, 2.05) is 24.3 Å². The van der Waals surface area contributed by atoms with Gasteiger partial charge in [-0.3, -0.25) is 9.20 Å². The Balaban J connectivity index is 2.45. The smallest absolute Gasteiger partial charge is 0.263 e. The molecule has 0 saturated heterocycles. The molecule has 0 spiro atoms. The maximum absolute atomic E-state index is 12.4. The second-order valence-corrected chi connectivity index (χ2v) is 4.62. The first-order valence-corrected chi connectivity index (χ1v) is 5.88. The van der Waals surface area contributed by atoms with E-state index in [2.05, 4.69) is 0 Å². The van der Waals surface area contributed by atoms with Gasteiger partial charge in [-0.25, -0.2) is 0 Å². The quantitative estimate of drug-likeness (QED) is 0.373. The highest BCUT2D eigenvalue weighted by Gasteiger charge is 2.13. The number of aromatic nitrogens is 1. The van der Waals surface area contributed by atoms with Crippen molar-refractivity contribution in [3.8, 4) is 11.5 Å². The minimum absolute atomic E-state index is 0.195. The van der Waals surface area contributed by atoms with Gasteiger partial charge < -0.3 is 10.2 Å². The zero-order valence-electron chi connectivity index (χ0n) is 9.79. The van der Waals surface area contributed by atoms with E-state index in [1.54, 1.807) is 10.6 Å². The number of nitrogens with zero attached hydrogens (tertiary/aromatic N) is 1. The molecule has 4 rings (SSSR count). The van der Waals surface area contributed by atoms with E-state index in [9.17, 15) is 15.0 Å². The van der Waals surface area contributed by atoms with E-state index in [0.29, 0.717) is 10.8 Å². The van der Waals surface area contributed by atoms with E-state index < -0.39 is 0 Å². The van der Waals surface area contributed by atoms with E-state index >= 15 is 0 Å². The Hall–Kier alpha value is -2.75. The molecule has 4 aromatic rings. The number of para-hydroxylation sites is 1. The largest absolute Gasteiger partial charge is 0.504 e. The number of fused-ring (bicyclic) bond motifs is 2. The third-order valence-electron chi connectivity index (χ3n) is 3.57. The predicted octanol–water partition coefficient (Wildman–Crippen LogP) is 2.45. The zero-order chi connectivity index (χ0) is 13.1. The summed E-state index contributed by atoms with van der Waals surface area (Å²) in [7, 11) is 0. The van der Waals surface area contributed by atoms with Gasteiger partial charge in [0.25, 0.3) is 5.56 Å². The molecule has 0 amide bonds. The van der Waals surface area contributed by atoms with E-state index in [4.69, 9.17) is 0 Å². The highest BCUT2D eigenvalue weighted by atomic mass is 16.3. The van der Waals surface area contributed by atoms with Gasteiger partial charge in [0.2, 0.25) is 0 Å². The SMILES string of the molecule is O=c1c2cc(O)c(O)cc2c2cccc3ccn1c32. The van der Waals surface area contributed by atoms with Crippen molar-refractivity contribution >= 4 is 27.1 Å². The summed E-state index contributed by atoms with van der Waals surface area (Å²) in [5, 5.41) is 22.1. The fourth-order valence-corrected chi connectivity index (χ4v) is 2.69. The van der Waals surface area contributed by atoms with Crippen LogP contribution in [0, 0.1) is 0 Å². The molecule has 2 N–H and O–H groups in total. The van der Waals surface area contributed by atoms with Crippen molar-refractivity contribution in [3.05, 3.63) is 52.9 Å². The molecule has 0 atom stereocenters. The van der Waals surface area contributed by atoms with Crippen LogP contribution in [0.25, 0.3) is 27.1 Å². The van der Waals surface area contributed by atoms with Crippen LogP contribution in [-0.2, 0) is 0 Å². The highest BCUT2D eigenvalue weighted by Crippen LogP contribution is 2.33. The summed E-state index contributed by atoms with van der Waals surface area (Å²) in [6, 6.07) is 10.4. The Kier molecular flexibility index (Phi) is 1.70. The number of rotatable bonds is 0. The fraction of sp³-hybridized carbons (Fsp3) is 0. The van der Waals surface area contributed by atoms with Crippen molar-refractivity contribution in [3.63, 3.8) is 0 Å². The molecular weight excluding hydrogens is 242 g/mol.